The normalized spacial score (nSPS) is 11.0. The summed E-state index contributed by atoms with van der Waals surface area (Å²) in [6.45, 7) is 2.02. The van der Waals surface area contributed by atoms with Gasteiger partial charge in [-0.2, -0.15) is 0 Å². The summed E-state index contributed by atoms with van der Waals surface area (Å²) in [5.74, 6) is 0. The molecule has 0 aliphatic carbocycles. The van der Waals surface area contributed by atoms with E-state index in [2.05, 4.69) is 34.2 Å². The summed E-state index contributed by atoms with van der Waals surface area (Å²) in [5.41, 5.74) is 1.75. The van der Waals surface area contributed by atoms with Crippen molar-refractivity contribution in [2.24, 2.45) is 0 Å². The number of fused-ring (bicyclic) bond motifs is 1. The summed E-state index contributed by atoms with van der Waals surface area (Å²) in [6, 6.07) is 14.3. The standard InChI is InChI=1S/C18H18N2O2/c1-2-5-15-16(19-18(22)20-17(15)21)11-12-8-9-13-6-3-4-7-14(13)10-12/h3-4,6-10H,2,5,11H2,1H3,(H2,19,20,21,22). The van der Waals surface area contributed by atoms with Crippen LogP contribution < -0.4 is 11.2 Å². The van der Waals surface area contributed by atoms with Gasteiger partial charge in [0.15, 0.2) is 0 Å². The van der Waals surface area contributed by atoms with Crippen LogP contribution in [0.15, 0.2) is 52.1 Å². The highest BCUT2D eigenvalue weighted by atomic mass is 16.2. The number of nitrogens with one attached hydrogen (secondary N) is 2. The number of H-pyrrole nitrogens is 2. The van der Waals surface area contributed by atoms with Gasteiger partial charge in [-0.3, -0.25) is 9.78 Å². The molecular formula is C18H18N2O2. The summed E-state index contributed by atoms with van der Waals surface area (Å²) in [4.78, 5) is 28.6. The van der Waals surface area contributed by atoms with E-state index in [0.717, 1.165) is 17.4 Å². The first-order valence-corrected chi connectivity index (χ1v) is 7.49. The summed E-state index contributed by atoms with van der Waals surface area (Å²) in [5, 5.41) is 2.34. The van der Waals surface area contributed by atoms with E-state index in [-0.39, 0.29) is 5.56 Å². The molecule has 0 spiro atoms. The molecule has 0 atom stereocenters. The van der Waals surface area contributed by atoms with E-state index in [9.17, 15) is 9.59 Å². The molecule has 0 fully saturated rings. The third kappa shape index (κ3) is 2.86. The van der Waals surface area contributed by atoms with Crippen LogP contribution in [0.25, 0.3) is 10.8 Å². The van der Waals surface area contributed by atoms with Gasteiger partial charge in [-0.15, -0.1) is 0 Å². The third-order valence-corrected chi connectivity index (χ3v) is 3.82. The summed E-state index contributed by atoms with van der Waals surface area (Å²) in [6.07, 6.45) is 2.08. The topological polar surface area (TPSA) is 65.7 Å². The van der Waals surface area contributed by atoms with Gasteiger partial charge >= 0.3 is 5.69 Å². The van der Waals surface area contributed by atoms with E-state index in [1.54, 1.807) is 0 Å². The smallest absolute Gasteiger partial charge is 0.311 e. The van der Waals surface area contributed by atoms with E-state index < -0.39 is 5.69 Å². The van der Waals surface area contributed by atoms with E-state index in [1.165, 1.54) is 5.39 Å². The van der Waals surface area contributed by atoms with Crippen LogP contribution in [-0.4, -0.2) is 9.97 Å². The van der Waals surface area contributed by atoms with E-state index >= 15 is 0 Å². The van der Waals surface area contributed by atoms with Crippen LogP contribution in [0.4, 0.5) is 0 Å². The highest BCUT2D eigenvalue weighted by Crippen LogP contribution is 2.18. The molecule has 0 saturated carbocycles. The van der Waals surface area contributed by atoms with Gasteiger partial charge in [-0.1, -0.05) is 55.8 Å². The fraction of sp³-hybridized carbons (Fsp3) is 0.222. The van der Waals surface area contributed by atoms with Crippen LogP contribution in [0.2, 0.25) is 0 Å². The molecule has 1 aromatic heterocycles. The van der Waals surface area contributed by atoms with Crippen molar-refractivity contribution in [2.45, 2.75) is 26.2 Å². The van der Waals surface area contributed by atoms with Gasteiger partial charge in [0.25, 0.3) is 5.56 Å². The Balaban J connectivity index is 2.04. The fourth-order valence-corrected chi connectivity index (χ4v) is 2.78. The highest BCUT2D eigenvalue weighted by molar-refractivity contribution is 5.83. The van der Waals surface area contributed by atoms with Gasteiger partial charge in [0.05, 0.1) is 0 Å². The van der Waals surface area contributed by atoms with Crippen molar-refractivity contribution < 1.29 is 0 Å². The predicted octanol–water partition coefficient (Wildman–Crippen LogP) is 2.76. The zero-order valence-electron chi connectivity index (χ0n) is 12.5. The number of rotatable bonds is 4. The van der Waals surface area contributed by atoms with Crippen LogP contribution in [-0.2, 0) is 12.8 Å². The molecule has 0 aliphatic rings. The van der Waals surface area contributed by atoms with Gasteiger partial charge in [-0.05, 0) is 22.8 Å². The SMILES string of the molecule is CCCc1c(Cc2ccc3ccccc3c2)[nH]c(=O)[nH]c1=O. The quantitative estimate of drug-likeness (QED) is 0.777. The molecule has 0 amide bonds. The Hall–Kier alpha value is -2.62. The van der Waals surface area contributed by atoms with Crippen molar-refractivity contribution >= 4 is 10.8 Å². The molecule has 1 heterocycles. The molecule has 3 aromatic rings. The Bertz CT molecular complexity index is 922. The Kier molecular flexibility index (Phi) is 3.92. The molecule has 4 heteroatoms. The first-order valence-electron chi connectivity index (χ1n) is 7.49. The van der Waals surface area contributed by atoms with E-state index in [0.29, 0.717) is 24.1 Å². The number of benzene rings is 2. The van der Waals surface area contributed by atoms with Crippen LogP contribution in [0.1, 0.15) is 30.2 Å². The third-order valence-electron chi connectivity index (χ3n) is 3.82. The molecule has 3 rings (SSSR count). The average molecular weight is 294 g/mol. The maximum Gasteiger partial charge on any atom is 0.325 e. The second-order valence-electron chi connectivity index (χ2n) is 5.47. The molecule has 2 aromatic carbocycles. The molecule has 0 unspecified atom stereocenters. The van der Waals surface area contributed by atoms with Crippen LogP contribution in [0, 0.1) is 0 Å². The molecule has 0 aliphatic heterocycles. The molecule has 2 N–H and O–H groups in total. The average Bonchev–Trinajstić information content (AvgIpc) is 2.50. The first-order chi connectivity index (χ1) is 10.7. The Morgan fingerprint density at radius 1 is 0.955 bits per heavy atom. The lowest BCUT2D eigenvalue weighted by molar-refractivity contribution is 0.834. The van der Waals surface area contributed by atoms with E-state index in [1.807, 2.05) is 25.1 Å². The van der Waals surface area contributed by atoms with Crippen LogP contribution in [0.3, 0.4) is 0 Å². The number of aromatic nitrogens is 2. The molecule has 22 heavy (non-hydrogen) atoms. The summed E-state index contributed by atoms with van der Waals surface area (Å²) in [7, 11) is 0. The fourth-order valence-electron chi connectivity index (χ4n) is 2.78. The van der Waals surface area contributed by atoms with Gasteiger partial charge in [0, 0.05) is 17.7 Å². The first kappa shape index (κ1) is 14.3. The molecule has 4 nitrogen and oxygen atoms in total. The molecule has 0 bridgehead atoms. The summed E-state index contributed by atoms with van der Waals surface area (Å²) >= 11 is 0. The highest BCUT2D eigenvalue weighted by Gasteiger charge is 2.09. The zero-order chi connectivity index (χ0) is 15.5. The van der Waals surface area contributed by atoms with Crippen LogP contribution in [0.5, 0.6) is 0 Å². The van der Waals surface area contributed by atoms with Crippen LogP contribution >= 0.6 is 0 Å². The van der Waals surface area contributed by atoms with Gasteiger partial charge in [-0.25, -0.2) is 4.79 Å². The lowest BCUT2D eigenvalue weighted by Gasteiger charge is -2.08. The van der Waals surface area contributed by atoms with Crippen molar-refractivity contribution in [3.05, 3.63) is 80.1 Å². The second-order valence-corrected chi connectivity index (χ2v) is 5.47. The number of hydrogen-bond donors (Lipinski definition) is 2. The van der Waals surface area contributed by atoms with Crippen molar-refractivity contribution in [1.82, 2.24) is 9.97 Å². The van der Waals surface area contributed by atoms with Gasteiger partial charge < -0.3 is 4.98 Å². The lowest BCUT2D eigenvalue weighted by atomic mass is 10.0. The number of hydrogen-bond acceptors (Lipinski definition) is 2. The lowest BCUT2D eigenvalue weighted by Crippen LogP contribution is -2.28. The minimum absolute atomic E-state index is 0.276. The Morgan fingerprint density at radius 2 is 1.73 bits per heavy atom. The maximum atomic E-state index is 12.0. The van der Waals surface area contributed by atoms with Gasteiger partial charge in [0.1, 0.15) is 0 Å². The van der Waals surface area contributed by atoms with Crippen molar-refractivity contribution in [3.63, 3.8) is 0 Å². The largest absolute Gasteiger partial charge is 0.325 e. The Morgan fingerprint density at radius 3 is 2.50 bits per heavy atom. The molecule has 112 valence electrons. The van der Waals surface area contributed by atoms with Crippen molar-refractivity contribution in [1.29, 1.82) is 0 Å². The van der Waals surface area contributed by atoms with E-state index in [4.69, 9.17) is 0 Å². The molecular weight excluding hydrogens is 276 g/mol. The minimum atomic E-state index is -0.444. The zero-order valence-corrected chi connectivity index (χ0v) is 12.5. The minimum Gasteiger partial charge on any atom is -0.311 e. The number of aromatic amines is 2. The summed E-state index contributed by atoms with van der Waals surface area (Å²) < 4.78 is 0. The maximum absolute atomic E-state index is 12.0. The Labute approximate surface area is 127 Å². The molecule has 0 radical (unpaired) electrons. The monoisotopic (exact) mass is 294 g/mol. The molecule has 0 saturated heterocycles. The van der Waals surface area contributed by atoms with Gasteiger partial charge in [0.2, 0.25) is 0 Å². The van der Waals surface area contributed by atoms with Crippen molar-refractivity contribution in [2.75, 3.05) is 0 Å². The predicted molar refractivity (Wildman–Crippen MR) is 88.4 cm³/mol. The second kappa shape index (κ2) is 6.02. The van der Waals surface area contributed by atoms with Crippen molar-refractivity contribution in [3.8, 4) is 0 Å².